The zero-order valence-corrected chi connectivity index (χ0v) is 9.45. The second kappa shape index (κ2) is 4.67. The van der Waals surface area contributed by atoms with Crippen LogP contribution in [0.5, 0.6) is 0 Å². The van der Waals surface area contributed by atoms with Gasteiger partial charge in [0.15, 0.2) is 0 Å². The Kier molecular flexibility index (Phi) is 3.27. The van der Waals surface area contributed by atoms with Crippen molar-refractivity contribution in [2.45, 2.75) is 26.3 Å². The molecule has 1 heterocycles. The molecule has 82 valence electrons. The summed E-state index contributed by atoms with van der Waals surface area (Å²) in [4.78, 5) is 2.45. The molecule has 0 radical (unpaired) electrons. The first-order chi connectivity index (χ1) is 7.35. The lowest BCUT2D eigenvalue weighted by molar-refractivity contribution is 0.380. The molecule has 2 N–H and O–H groups in total. The Balaban J connectivity index is 2.00. The molecule has 1 aliphatic heterocycles. The molecule has 0 spiro atoms. The Hall–Kier alpha value is -1.02. The van der Waals surface area contributed by atoms with Gasteiger partial charge in [-0.05, 0) is 24.0 Å². The number of hydrogen-bond donors (Lipinski definition) is 1. The first-order valence-electron chi connectivity index (χ1n) is 5.88. The highest BCUT2D eigenvalue weighted by molar-refractivity contribution is 5.55. The van der Waals surface area contributed by atoms with E-state index in [1.165, 1.54) is 37.2 Å². The zero-order chi connectivity index (χ0) is 10.7. The summed E-state index contributed by atoms with van der Waals surface area (Å²) in [7, 11) is 0. The van der Waals surface area contributed by atoms with E-state index in [-0.39, 0.29) is 0 Å². The maximum atomic E-state index is 5.73. The first kappa shape index (κ1) is 10.5. The van der Waals surface area contributed by atoms with Gasteiger partial charge in [0.05, 0.1) is 0 Å². The van der Waals surface area contributed by atoms with Crippen molar-refractivity contribution in [1.82, 2.24) is 0 Å². The lowest BCUT2D eigenvalue weighted by Gasteiger charge is -2.42. The van der Waals surface area contributed by atoms with Gasteiger partial charge >= 0.3 is 0 Å². The van der Waals surface area contributed by atoms with Crippen molar-refractivity contribution in [3.8, 4) is 0 Å². The predicted molar refractivity (Wildman–Crippen MR) is 64.9 cm³/mol. The van der Waals surface area contributed by atoms with E-state index >= 15 is 0 Å². The zero-order valence-electron chi connectivity index (χ0n) is 9.45. The van der Waals surface area contributed by atoms with Gasteiger partial charge in [-0.15, -0.1) is 0 Å². The van der Waals surface area contributed by atoms with Crippen molar-refractivity contribution >= 4 is 5.69 Å². The van der Waals surface area contributed by atoms with E-state index in [0.29, 0.717) is 6.54 Å². The Morgan fingerprint density at radius 2 is 2.07 bits per heavy atom. The smallest absolute Gasteiger partial charge is 0.0411 e. The van der Waals surface area contributed by atoms with Gasteiger partial charge in [0.2, 0.25) is 0 Å². The molecule has 0 aromatic heterocycles. The Morgan fingerprint density at radius 1 is 1.33 bits per heavy atom. The summed E-state index contributed by atoms with van der Waals surface area (Å²) < 4.78 is 0. The monoisotopic (exact) mass is 204 g/mol. The molecule has 0 saturated carbocycles. The summed E-state index contributed by atoms with van der Waals surface area (Å²) in [6.07, 6.45) is 2.67. The van der Waals surface area contributed by atoms with Crippen LogP contribution in [0.25, 0.3) is 0 Å². The van der Waals surface area contributed by atoms with Crippen LogP contribution in [0.1, 0.15) is 25.3 Å². The molecule has 0 aliphatic carbocycles. The second-order valence-corrected chi connectivity index (χ2v) is 4.39. The van der Waals surface area contributed by atoms with Crippen LogP contribution in [-0.2, 0) is 6.54 Å². The number of nitrogens with zero attached hydrogens (tertiary/aromatic N) is 1. The molecular weight excluding hydrogens is 184 g/mol. The summed E-state index contributed by atoms with van der Waals surface area (Å²) in [5.41, 5.74) is 8.34. The van der Waals surface area contributed by atoms with E-state index in [1.54, 1.807) is 0 Å². The minimum absolute atomic E-state index is 0.644. The number of para-hydroxylation sites is 1. The third-order valence-electron chi connectivity index (χ3n) is 3.21. The molecule has 1 aliphatic rings. The van der Waals surface area contributed by atoms with Crippen LogP contribution in [0.2, 0.25) is 0 Å². The topological polar surface area (TPSA) is 29.3 Å². The van der Waals surface area contributed by atoms with Gasteiger partial charge in [-0.2, -0.15) is 0 Å². The fourth-order valence-electron chi connectivity index (χ4n) is 2.35. The number of anilines is 1. The normalized spacial score (nSPS) is 16.5. The van der Waals surface area contributed by atoms with Crippen molar-refractivity contribution in [3.05, 3.63) is 29.8 Å². The molecule has 1 fully saturated rings. The van der Waals surface area contributed by atoms with E-state index in [9.17, 15) is 0 Å². The standard InChI is InChI=1S/C13H20N2/c1-2-5-11-9-15(10-11)13-7-4-3-6-12(13)8-14/h3-4,6-7,11H,2,5,8-10,14H2,1H3. The quantitative estimate of drug-likeness (QED) is 0.816. The van der Waals surface area contributed by atoms with Gasteiger partial charge in [0, 0.05) is 25.3 Å². The third-order valence-corrected chi connectivity index (χ3v) is 3.21. The average molecular weight is 204 g/mol. The van der Waals surface area contributed by atoms with E-state index in [4.69, 9.17) is 5.73 Å². The molecular formula is C13H20N2. The van der Waals surface area contributed by atoms with Gasteiger partial charge < -0.3 is 10.6 Å². The molecule has 2 heteroatoms. The highest BCUT2D eigenvalue weighted by Gasteiger charge is 2.26. The van der Waals surface area contributed by atoms with E-state index in [2.05, 4.69) is 36.1 Å². The van der Waals surface area contributed by atoms with Crippen LogP contribution in [-0.4, -0.2) is 13.1 Å². The summed E-state index contributed by atoms with van der Waals surface area (Å²) >= 11 is 0. The van der Waals surface area contributed by atoms with Crippen LogP contribution in [0.3, 0.4) is 0 Å². The molecule has 2 rings (SSSR count). The summed E-state index contributed by atoms with van der Waals surface area (Å²) in [5.74, 6) is 0.904. The van der Waals surface area contributed by atoms with Crippen molar-refractivity contribution < 1.29 is 0 Å². The highest BCUT2D eigenvalue weighted by atomic mass is 15.2. The number of nitrogens with two attached hydrogens (primary N) is 1. The molecule has 2 nitrogen and oxygen atoms in total. The minimum atomic E-state index is 0.644. The summed E-state index contributed by atoms with van der Waals surface area (Å²) in [6.45, 7) is 5.33. The lowest BCUT2D eigenvalue weighted by Crippen LogP contribution is -2.47. The molecule has 0 unspecified atom stereocenters. The largest absolute Gasteiger partial charge is 0.371 e. The molecule has 0 atom stereocenters. The fraction of sp³-hybridized carbons (Fsp3) is 0.538. The van der Waals surface area contributed by atoms with E-state index in [1.807, 2.05) is 0 Å². The SMILES string of the molecule is CCCC1CN(c2ccccc2CN)C1. The molecule has 15 heavy (non-hydrogen) atoms. The van der Waals surface area contributed by atoms with Crippen molar-refractivity contribution in [1.29, 1.82) is 0 Å². The predicted octanol–water partition coefficient (Wildman–Crippen LogP) is 2.38. The van der Waals surface area contributed by atoms with Crippen LogP contribution in [0.4, 0.5) is 5.69 Å². The summed E-state index contributed by atoms with van der Waals surface area (Å²) in [6, 6.07) is 8.48. The molecule has 1 aromatic rings. The van der Waals surface area contributed by atoms with Crippen LogP contribution in [0.15, 0.2) is 24.3 Å². The molecule has 1 saturated heterocycles. The second-order valence-electron chi connectivity index (χ2n) is 4.39. The first-order valence-corrected chi connectivity index (χ1v) is 5.88. The lowest BCUT2D eigenvalue weighted by atomic mass is 9.93. The van der Waals surface area contributed by atoms with Crippen molar-refractivity contribution in [3.63, 3.8) is 0 Å². The number of hydrogen-bond acceptors (Lipinski definition) is 2. The Bertz CT molecular complexity index is 316. The van der Waals surface area contributed by atoms with Crippen molar-refractivity contribution in [2.75, 3.05) is 18.0 Å². The highest BCUT2D eigenvalue weighted by Crippen LogP contribution is 2.29. The molecule has 0 amide bonds. The molecule has 0 bridgehead atoms. The maximum absolute atomic E-state index is 5.73. The number of rotatable bonds is 4. The average Bonchev–Trinajstić information content (AvgIpc) is 2.23. The van der Waals surface area contributed by atoms with Crippen LogP contribution < -0.4 is 10.6 Å². The van der Waals surface area contributed by atoms with Gasteiger partial charge in [0.25, 0.3) is 0 Å². The van der Waals surface area contributed by atoms with Gasteiger partial charge in [0.1, 0.15) is 0 Å². The number of benzene rings is 1. The molecule has 1 aromatic carbocycles. The minimum Gasteiger partial charge on any atom is -0.371 e. The van der Waals surface area contributed by atoms with E-state index in [0.717, 1.165) is 5.92 Å². The summed E-state index contributed by atoms with van der Waals surface area (Å²) in [5, 5.41) is 0. The van der Waals surface area contributed by atoms with Crippen LogP contribution in [0, 0.1) is 5.92 Å². The fourth-order valence-corrected chi connectivity index (χ4v) is 2.35. The van der Waals surface area contributed by atoms with E-state index < -0.39 is 0 Å². The van der Waals surface area contributed by atoms with Gasteiger partial charge in [-0.3, -0.25) is 0 Å². The van der Waals surface area contributed by atoms with Gasteiger partial charge in [-0.25, -0.2) is 0 Å². The van der Waals surface area contributed by atoms with Crippen LogP contribution >= 0.6 is 0 Å². The Morgan fingerprint density at radius 3 is 2.73 bits per heavy atom. The van der Waals surface area contributed by atoms with Crippen molar-refractivity contribution in [2.24, 2.45) is 11.7 Å². The Labute approximate surface area is 92.1 Å². The van der Waals surface area contributed by atoms with Gasteiger partial charge in [-0.1, -0.05) is 31.5 Å². The third kappa shape index (κ3) is 2.15. The maximum Gasteiger partial charge on any atom is 0.0411 e.